The molecule has 8 heteroatoms. The molecule has 30 heavy (non-hydrogen) atoms. The van der Waals surface area contributed by atoms with Crippen molar-refractivity contribution in [3.63, 3.8) is 0 Å². The summed E-state index contributed by atoms with van der Waals surface area (Å²) in [6.07, 6.45) is 4.50. The van der Waals surface area contributed by atoms with Gasteiger partial charge in [-0.1, -0.05) is 25.8 Å². The monoisotopic (exact) mass is 417 g/mol. The van der Waals surface area contributed by atoms with Crippen molar-refractivity contribution in [2.45, 2.75) is 70.4 Å². The van der Waals surface area contributed by atoms with Crippen LogP contribution in [0.15, 0.2) is 18.2 Å². The molecule has 0 saturated carbocycles. The SMILES string of the molecule is CCCC[C@@H](C(=O)N1CCC[C@H]1C(=O)Nc1ccc2c(c1)CCC2)[C@H](O)C(=O)NO. The first-order chi connectivity index (χ1) is 14.5. The van der Waals surface area contributed by atoms with E-state index in [1.807, 2.05) is 25.1 Å². The van der Waals surface area contributed by atoms with E-state index in [1.54, 1.807) is 0 Å². The molecule has 4 N–H and O–H groups in total. The van der Waals surface area contributed by atoms with Crippen molar-refractivity contribution in [3.05, 3.63) is 29.3 Å². The predicted molar refractivity (Wildman–Crippen MR) is 111 cm³/mol. The van der Waals surface area contributed by atoms with Gasteiger partial charge in [-0.05, 0) is 61.8 Å². The Labute approximate surface area is 176 Å². The summed E-state index contributed by atoms with van der Waals surface area (Å²) in [5.74, 6) is -2.69. The molecule has 1 aliphatic carbocycles. The van der Waals surface area contributed by atoms with Crippen LogP contribution in [0.5, 0.6) is 0 Å². The number of aliphatic hydroxyl groups excluding tert-OH is 1. The first-order valence-electron chi connectivity index (χ1n) is 10.8. The maximum absolute atomic E-state index is 13.2. The number of amides is 3. The number of hydrogen-bond acceptors (Lipinski definition) is 5. The van der Waals surface area contributed by atoms with Gasteiger partial charge in [0.05, 0.1) is 5.92 Å². The predicted octanol–water partition coefficient (Wildman–Crippen LogP) is 1.78. The third-order valence-corrected chi connectivity index (χ3v) is 6.15. The van der Waals surface area contributed by atoms with E-state index in [1.165, 1.54) is 21.5 Å². The number of aryl methyl sites for hydroxylation is 2. The van der Waals surface area contributed by atoms with Gasteiger partial charge in [0.15, 0.2) is 0 Å². The second-order valence-corrected chi connectivity index (χ2v) is 8.19. The minimum Gasteiger partial charge on any atom is -0.382 e. The molecule has 3 rings (SSSR count). The van der Waals surface area contributed by atoms with Gasteiger partial charge in [-0.3, -0.25) is 19.6 Å². The van der Waals surface area contributed by atoms with Crippen LogP contribution in [0.25, 0.3) is 0 Å². The van der Waals surface area contributed by atoms with Crippen LogP contribution in [0, 0.1) is 5.92 Å². The van der Waals surface area contributed by atoms with E-state index in [0.29, 0.717) is 32.2 Å². The van der Waals surface area contributed by atoms with Crippen molar-refractivity contribution >= 4 is 23.4 Å². The molecule has 8 nitrogen and oxygen atoms in total. The second kappa shape index (κ2) is 10.0. The van der Waals surface area contributed by atoms with Gasteiger partial charge in [0, 0.05) is 12.2 Å². The van der Waals surface area contributed by atoms with Crippen LogP contribution >= 0.6 is 0 Å². The van der Waals surface area contributed by atoms with E-state index in [4.69, 9.17) is 5.21 Å². The van der Waals surface area contributed by atoms with Gasteiger partial charge in [0.2, 0.25) is 11.8 Å². The van der Waals surface area contributed by atoms with Gasteiger partial charge in [-0.2, -0.15) is 0 Å². The molecule has 0 bridgehead atoms. The van der Waals surface area contributed by atoms with Crippen LogP contribution < -0.4 is 10.8 Å². The number of likely N-dealkylation sites (tertiary alicyclic amines) is 1. The highest BCUT2D eigenvalue weighted by atomic mass is 16.5. The largest absolute Gasteiger partial charge is 0.382 e. The number of fused-ring (bicyclic) bond motifs is 1. The van der Waals surface area contributed by atoms with E-state index in [9.17, 15) is 19.5 Å². The zero-order valence-corrected chi connectivity index (χ0v) is 17.4. The highest BCUT2D eigenvalue weighted by Crippen LogP contribution is 2.27. The molecule has 1 aromatic rings. The number of aliphatic hydroxyl groups is 1. The molecular weight excluding hydrogens is 386 g/mol. The molecule has 3 atom stereocenters. The van der Waals surface area contributed by atoms with Crippen LogP contribution in [0.2, 0.25) is 0 Å². The third-order valence-electron chi connectivity index (χ3n) is 6.15. The fraction of sp³-hybridized carbons (Fsp3) is 0.591. The molecule has 0 aromatic heterocycles. The van der Waals surface area contributed by atoms with Crippen molar-refractivity contribution in [1.82, 2.24) is 10.4 Å². The summed E-state index contributed by atoms with van der Waals surface area (Å²) in [6, 6.07) is 5.29. The summed E-state index contributed by atoms with van der Waals surface area (Å²) in [6.45, 7) is 2.35. The molecular formula is C22H31N3O5. The van der Waals surface area contributed by atoms with E-state index in [2.05, 4.69) is 5.32 Å². The number of carbonyl (C=O) groups excluding carboxylic acids is 3. The van der Waals surface area contributed by atoms with Gasteiger partial charge in [0.25, 0.3) is 5.91 Å². The smallest absolute Gasteiger partial charge is 0.272 e. The summed E-state index contributed by atoms with van der Waals surface area (Å²) in [5, 5.41) is 22.0. The average Bonchev–Trinajstić information content (AvgIpc) is 3.42. The molecule has 164 valence electrons. The molecule has 1 aliphatic heterocycles. The fourth-order valence-electron chi connectivity index (χ4n) is 4.48. The van der Waals surface area contributed by atoms with Gasteiger partial charge >= 0.3 is 0 Å². The van der Waals surface area contributed by atoms with Crippen molar-refractivity contribution in [3.8, 4) is 0 Å². The Morgan fingerprint density at radius 3 is 2.70 bits per heavy atom. The standard InChI is InChI=1S/C22H31N3O5/c1-2-3-8-17(19(26)21(28)24-30)22(29)25-12-5-9-18(25)20(27)23-16-11-10-14-6-4-7-15(14)13-16/h10-11,13,17-19,26,30H,2-9,12H2,1H3,(H,23,27)(H,24,28)/t17-,18+,19+/m1/s1. The molecule has 0 spiro atoms. The maximum Gasteiger partial charge on any atom is 0.272 e. The van der Waals surface area contributed by atoms with Crippen LogP contribution in [0.3, 0.4) is 0 Å². The Morgan fingerprint density at radius 2 is 1.97 bits per heavy atom. The number of anilines is 1. The van der Waals surface area contributed by atoms with Crippen LogP contribution in [0.4, 0.5) is 5.69 Å². The highest BCUT2D eigenvalue weighted by Gasteiger charge is 2.41. The molecule has 2 aliphatic rings. The number of carbonyl (C=O) groups is 3. The Hall–Kier alpha value is -2.45. The zero-order chi connectivity index (χ0) is 21.7. The zero-order valence-electron chi connectivity index (χ0n) is 17.4. The third kappa shape index (κ3) is 4.82. The summed E-state index contributed by atoms with van der Waals surface area (Å²) in [5.41, 5.74) is 4.71. The molecule has 1 fully saturated rings. The maximum atomic E-state index is 13.2. The van der Waals surface area contributed by atoms with Crippen LogP contribution in [-0.2, 0) is 27.2 Å². The normalized spacial score (nSPS) is 19.8. The number of unbranched alkanes of at least 4 members (excludes halogenated alkanes) is 1. The molecule has 3 amide bonds. The van der Waals surface area contributed by atoms with Crippen LogP contribution in [0.1, 0.15) is 56.6 Å². The van der Waals surface area contributed by atoms with Crippen molar-refractivity contribution < 1.29 is 24.7 Å². The Balaban J connectivity index is 1.71. The molecule has 1 saturated heterocycles. The Bertz CT molecular complexity index is 797. The fourth-order valence-corrected chi connectivity index (χ4v) is 4.48. The van der Waals surface area contributed by atoms with Gasteiger partial charge in [0.1, 0.15) is 12.1 Å². The van der Waals surface area contributed by atoms with Gasteiger partial charge in [-0.15, -0.1) is 0 Å². The minimum absolute atomic E-state index is 0.255. The lowest BCUT2D eigenvalue weighted by Gasteiger charge is -2.30. The number of nitrogens with one attached hydrogen (secondary N) is 2. The summed E-state index contributed by atoms with van der Waals surface area (Å²) < 4.78 is 0. The Kier molecular flexibility index (Phi) is 7.44. The average molecular weight is 418 g/mol. The lowest BCUT2D eigenvalue weighted by Crippen LogP contribution is -2.50. The minimum atomic E-state index is -1.66. The molecule has 1 heterocycles. The summed E-state index contributed by atoms with van der Waals surface area (Å²) in [4.78, 5) is 39.3. The van der Waals surface area contributed by atoms with Gasteiger partial charge < -0.3 is 15.3 Å². The van der Waals surface area contributed by atoms with Crippen molar-refractivity contribution in [1.29, 1.82) is 0 Å². The lowest BCUT2D eigenvalue weighted by atomic mass is 9.93. The topological polar surface area (TPSA) is 119 Å². The van der Waals surface area contributed by atoms with Crippen molar-refractivity contribution in [2.75, 3.05) is 11.9 Å². The molecule has 0 radical (unpaired) electrons. The Morgan fingerprint density at radius 1 is 1.20 bits per heavy atom. The van der Waals surface area contributed by atoms with Crippen molar-refractivity contribution in [2.24, 2.45) is 5.92 Å². The lowest BCUT2D eigenvalue weighted by molar-refractivity contribution is -0.152. The van der Waals surface area contributed by atoms with E-state index in [-0.39, 0.29) is 5.91 Å². The first-order valence-corrected chi connectivity index (χ1v) is 10.8. The van der Waals surface area contributed by atoms with E-state index >= 15 is 0 Å². The first kappa shape index (κ1) is 22.2. The van der Waals surface area contributed by atoms with E-state index in [0.717, 1.165) is 31.4 Å². The summed E-state index contributed by atoms with van der Waals surface area (Å²) >= 11 is 0. The van der Waals surface area contributed by atoms with E-state index < -0.39 is 29.9 Å². The van der Waals surface area contributed by atoms with Crippen LogP contribution in [-0.4, -0.2) is 51.6 Å². The molecule has 0 unspecified atom stereocenters. The number of hydroxylamine groups is 1. The van der Waals surface area contributed by atoms with Gasteiger partial charge in [-0.25, -0.2) is 5.48 Å². The summed E-state index contributed by atoms with van der Waals surface area (Å²) in [7, 11) is 0. The number of nitrogens with zero attached hydrogens (tertiary/aromatic N) is 1. The molecule has 1 aromatic carbocycles. The highest BCUT2D eigenvalue weighted by molar-refractivity contribution is 5.98. The second-order valence-electron chi connectivity index (χ2n) is 8.19. The number of benzene rings is 1. The number of rotatable bonds is 8. The number of hydrogen-bond donors (Lipinski definition) is 4. The quantitative estimate of drug-likeness (QED) is 0.380.